The Balaban J connectivity index is 3.20. The molecule has 0 fully saturated rings. The number of benzene rings is 1. The molecule has 0 aromatic heterocycles. The van der Waals surface area contributed by atoms with Crippen molar-refractivity contribution >= 4 is 43.5 Å². The van der Waals surface area contributed by atoms with E-state index >= 15 is 0 Å². The molecule has 1 aromatic rings. The third-order valence-electron chi connectivity index (χ3n) is 1.85. The van der Waals surface area contributed by atoms with Crippen LogP contribution in [0, 0.1) is 5.21 Å². The van der Waals surface area contributed by atoms with Gasteiger partial charge in [-0.2, -0.15) is 4.86 Å². The van der Waals surface area contributed by atoms with E-state index in [0.29, 0.717) is 19.5 Å². The van der Waals surface area contributed by atoms with Crippen molar-refractivity contribution in [3.8, 4) is 0 Å². The molecule has 1 aromatic carbocycles. The van der Waals surface area contributed by atoms with Gasteiger partial charge in [-0.3, -0.25) is 0 Å². The first-order valence-electron chi connectivity index (χ1n) is 4.99. The van der Waals surface area contributed by atoms with Gasteiger partial charge in [0.05, 0.1) is 16.3 Å². The Labute approximate surface area is 121 Å². The van der Waals surface area contributed by atoms with Gasteiger partial charge in [0, 0.05) is 4.47 Å². The summed E-state index contributed by atoms with van der Waals surface area (Å²) in [5.74, 6) is -0.495. The maximum Gasteiger partial charge on any atom is 0.342 e. The van der Waals surface area contributed by atoms with E-state index in [4.69, 9.17) is 4.74 Å². The second-order valence-electron chi connectivity index (χ2n) is 3.21. The maximum atomic E-state index is 11.8. The van der Waals surface area contributed by atoms with Crippen molar-refractivity contribution in [1.82, 2.24) is 0 Å². The van der Waals surface area contributed by atoms with Crippen LogP contribution < -0.4 is 5.43 Å². The number of carbonyl (C=O) groups excluding carboxylic acids is 1. The fourth-order valence-electron chi connectivity index (χ4n) is 1.18. The van der Waals surface area contributed by atoms with Crippen molar-refractivity contribution in [1.29, 1.82) is 0 Å². The average Bonchev–Trinajstić information content (AvgIpc) is 2.26. The Morgan fingerprint density at radius 3 is 2.78 bits per heavy atom. The molecular formula is C10H11Br2N3O3. The number of carbonyl (C=O) groups is 1. The van der Waals surface area contributed by atoms with Crippen molar-refractivity contribution in [2.24, 2.45) is 5.22 Å². The molecule has 0 atom stereocenters. The Morgan fingerprint density at radius 1 is 1.56 bits per heavy atom. The van der Waals surface area contributed by atoms with E-state index in [2.05, 4.69) is 42.5 Å². The van der Waals surface area contributed by atoms with Crippen molar-refractivity contribution in [3.63, 3.8) is 0 Å². The highest BCUT2D eigenvalue weighted by Gasteiger charge is 2.19. The molecule has 0 heterocycles. The SMILES string of the molecule is CCOC(=O)c1cc(Br)cc(Br)c1N/N=[N+](\C)[O-]. The van der Waals surface area contributed by atoms with E-state index in [1.807, 2.05) is 0 Å². The number of rotatable bonds is 4. The van der Waals surface area contributed by atoms with E-state index in [1.165, 1.54) is 7.05 Å². The topological polar surface area (TPSA) is 76.8 Å². The van der Waals surface area contributed by atoms with Gasteiger partial charge in [0.25, 0.3) is 0 Å². The third kappa shape index (κ3) is 3.95. The van der Waals surface area contributed by atoms with Gasteiger partial charge in [0.15, 0.2) is 5.69 Å². The average molecular weight is 381 g/mol. The molecule has 0 aliphatic carbocycles. The van der Waals surface area contributed by atoms with Gasteiger partial charge in [0.2, 0.25) is 0 Å². The second kappa shape index (κ2) is 6.69. The van der Waals surface area contributed by atoms with Crippen LogP contribution in [0.15, 0.2) is 26.3 Å². The Bertz CT molecular complexity index is 488. The number of esters is 1. The van der Waals surface area contributed by atoms with E-state index < -0.39 is 5.97 Å². The fraction of sp³-hybridized carbons (Fsp3) is 0.300. The molecule has 18 heavy (non-hydrogen) atoms. The summed E-state index contributed by atoms with van der Waals surface area (Å²) in [6, 6.07) is 3.32. The minimum absolute atomic E-state index is 0.265. The minimum atomic E-state index is -0.495. The maximum absolute atomic E-state index is 11.8. The predicted octanol–water partition coefficient (Wildman–Crippen LogP) is 3.31. The zero-order valence-corrected chi connectivity index (χ0v) is 12.9. The molecular weight excluding hydrogens is 370 g/mol. The molecule has 1 N–H and O–H groups in total. The summed E-state index contributed by atoms with van der Waals surface area (Å²) in [5, 5.41) is 14.2. The molecule has 0 aliphatic heterocycles. The van der Waals surface area contributed by atoms with Gasteiger partial charge in [-0.15, -0.1) is 5.43 Å². The van der Waals surface area contributed by atoms with Crippen LogP contribution >= 0.6 is 31.9 Å². The third-order valence-corrected chi connectivity index (χ3v) is 2.94. The van der Waals surface area contributed by atoms with Gasteiger partial charge >= 0.3 is 5.97 Å². The van der Waals surface area contributed by atoms with Gasteiger partial charge in [-0.05, 0) is 35.0 Å². The number of anilines is 1. The largest absolute Gasteiger partial charge is 0.696 e. The van der Waals surface area contributed by atoms with Crippen LogP contribution in [0.5, 0.6) is 0 Å². The Morgan fingerprint density at radius 2 is 2.22 bits per heavy atom. The van der Waals surface area contributed by atoms with Crippen LogP contribution in [0.25, 0.3) is 0 Å². The fourth-order valence-corrected chi connectivity index (χ4v) is 2.49. The first-order chi connectivity index (χ1) is 8.45. The normalized spacial score (nSPS) is 11.2. The molecule has 98 valence electrons. The zero-order valence-electron chi connectivity index (χ0n) is 9.74. The lowest BCUT2D eigenvalue weighted by Gasteiger charge is -2.08. The van der Waals surface area contributed by atoms with Crippen LogP contribution in [0.1, 0.15) is 17.3 Å². The summed E-state index contributed by atoms with van der Waals surface area (Å²) in [6.45, 7) is 1.98. The number of nitrogens with one attached hydrogen (secondary N) is 1. The lowest BCUT2D eigenvalue weighted by atomic mass is 10.2. The summed E-state index contributed by atoms with van der Waals surface area (Å²) >= 11 is 6.56. The van der Waals surface area contributed by atoms with Crippen molar-refractivity contribution in [2.45, 2.75) is 6.92 Å². The predicted molar refractivity (Wildman–Crippen MR) is 73.4 cm³/mol. The molecule has 0 saturated carbocycles. The van der Waals surface area contributed by atoms with Crippen molar-refractivity contribution in [3.05, 3.63) is 31.8 Å². The summed E-state index contributed by atoms with van der Waals surface area (Å²) in [5.41, 5.74) is 3.17. The molecule has 1 rings (SSSR count). The zero-order chi connectivity index (χ0) is 13.7. The van der Waals surface area contributed by atoms with Crippen LogP contribution in [-0.4, -0.2) is 24.5 Å². The highest BCUT2D eigenvalue weighted by Crippen LogP contribution is 2.31. The Kier molecular flexibility index (Phi) is 5.54. The first-order valence-corrected chi connectivity index (χ1v) is 6.58. The quantitative estimate of drug-likeness (QED) is 0.376. The number of nitrogens with zero attached hydrogens (tertiary/aromatic N) is 2. The summed E-state index contributed by atoms with van der Waals surface area (Å²) in [6.07, 6.45) is 0. The lowest BCUT2D eigenvalue weighted by molar-refractivity contribution is -0.497. The van der Waals surface area contributed by atoms with Gasteiger partial charge in [-0.1, -0.05) is 15.9 Å². The van der Waals surface area contributed by atoms with Crippen LogP contribution in [-0.2, 0) is 4.74 Å². The van der Waals surface area contributed by atoms with Gasteiger partial charge in [0.1, 0.15) is 12.6 Å². The molecule has 0 amide bonds. The van der Waals surface area contributed by atoms with Crippen molar-refractivity contribution in [2.75, 3.05) is 19.1 Å². The standard InChI is InChI=1S/C10H11Br2N3O3/c1-3-18-10(16)7-4-6(11)5-8(12)9(7)13-14-15(2)17/h4-5,13H,3H2,1-2H3/b15-14+. The van der Waals surface area contributed by atoms with Crippen LogP contribution in [0.2, 0.25) is 0 Å². The number of hydrogen-bond acceptors (Lipinski definition) is 4. The summed E-state index contributed by atoms with van der Waals surface area (Å²) in [4.78, 5) is 12.1. The number of hydrogen-bond donors (Lipinski definition) is 1. The van der Waals surface area contributed by atoms with E-state index in [-0.39, 0.29) is 12.2 Å². The number of hydroxylamine groups is 1. The Hall–Kier alpha value is -1.15. The monoisotopic (exact) mass is 379 g/mol. The number of ether oxygens (including phenoxy) is 1. The smallest absolute Gasteiger partial charge is 0.342 e. The van der Waals surface area contributed by atoms with E-state index in [0.717, 1.165) is 0 Å². The molecule has 0 spiro atoms. The molecule has 6 nitrogen and oxygen atoms in total. The highest BCUT2D eigenvalue weighted by molar-refractivity contribution is 9.11. The number of halogens is 2. The minimum Gasteiger partial charge on any atom is -0.696 e. The second-order valence-corrected chi connectivity index (χ2v) is 4.98. The molecule has 0 bridgehead atoms. The molecule has 0 saturated heterocycles. The van der Waals surface area contributed by atoms with E-state index in [9.17, 15) is 10.0 Å². The van der Waals surface area contributed by atoms with Crippen molar-refractivity contribution < 1.29 is 14.4 Å². The molecule has 0 radical (unpaired) electrons. The van der Waals surface area contributed by atoms with Gasteiger partial charge in [-0.25, -0.2) is 4.79 Å². The summed E-state index contributed by atoms with van der Waals surface area (Å²) in [7, 11) is 1.23. The lowest BCUT2D eigenvalue weighted by Crippen LogP contribution is -2.09. The first kappa shape index (κ1) is 14.9. The molecule has 0 unspecified atom stereocenters. The van der Waals surface area contributed by atoms with Crippen LogP contribution in [0.3, 0.4) is 0 Å². The summed E-state index contributed by atoms with van der Waals surface area (Å²) < 4.78 is 6.23. The molecule has 0 aliphatic rings. The van der Waals surface area contributed by atoms with Crippen LogP contribution in [0.4, 0.5) is 5.69 Å². The molecule has 8 heteroatoms. The highest BCUT2D eigenvalue weighted by atomic mass is 79.9. The van der Waals surface area contributed by atoms with Gasteiger partial charge < -0.3 is 9.94 Å². The van der Waals surface area contributed by atoms with E-state index in [1.54, 1.807) is 19.1 Å².